The fraction of sp³-hybridized carbons (Fsp3) is 0.812. The van der Waals surface area contributed by atoms with Gasteiger partial charge in [0.05, 0.1) is 0 Å². The van der Waals surface area contributed by atoms with Gasteiger partial charge in [-0.1, -0.05) is 57.6 Å². The normalized spacial score (nSPS) is 11.1. The third-order valence-corrected chi connectivity index (χ3v) is 3.08. The van der Waals surface area contributed by atoms with Gasteiger partial charge in [0.15, 0.2) is 0 Å². The fourth-order valence-corrected chi connectivity index (χ4v) is 1.94. The van der Waals surface area contributed by atoms with Gasteiger partial charge in [0.1, 0.15) is 6.29 Å². The van der Waals surface area contributed by atoms with Crippen molar-refractivity contribution in [2.75, 3.05) is 0 Å². The summed E-state index contributed by atoms with van der Waals surface area (Å²) < 4.78 is 0. The molecule has 0 aromatic carbocycles. The van der Waals surface area contributed by atoms with Gasteiger partial charge >= 0.3 is 0 Å². The number of hydrogen-bond acceptors (Lipinski definition) is 1. The highest BCUT2D eigenvalue weighted by Crippen LogP contribution is 2.09. The van der Waals surface area contributed by atoms with Crippen LogP contribution in [0.25, 0.3) is 0 Å². The summed E-state index contributed by atoms with van der Waals surface area (Å²) >= 11 is 0. The van der Waals surface area contributed by atoms with E-state index in [1.54, 1.807) is 0 Å². The van der Waals surface area contributed by atoms with Crippen LogP contribution in [0.5, 0.6) is 0 Å². The molecule has 0 atom stereocenters. The van der Waals surface area contributed by atoms with Gasteiger partial charge in [0, 0.05) is 6.42 Å². The Morgan fingerprint density at radius 1 is 0.647 bits per heavy atom. The number of aldehydes is 1. The molecule has 0 rings (SSSR count). The second kappa shape index (κ2) is 15.4. The Morgan fingerprint density at radius 3 is 1.71 bits per heavy atom. The maximum atomic E-state index is 10.1. The SMILES string of the molecule is CCCCCCCCC/C=C\CCCCC=O. The first kappa shape index (κ1) is 16.4. The average molecular weight is 238 g/mol. The van der Waals surface area contributed by atoms with Gasteiger partial charge < -0.3 is 4.79 Å². The van der Waals surface area contributed by atoms with Crippen LogP contribution in [0.15, 0.2) is 12.2 Å². The maximum Gasteiger partial charge on any atom is 0.119 e. The first-order chi connectivity index (χ1) is 8.41. The molecule has 0 aliphatic rings. The number of rotatable bonds is 13. The maximum absolute atomic E-state index is 10.1. The van der Waals surface area contributed by atoms with Gasteiger partial charge in [0.2, 0.25) is 0 Å². The van der Waals surface area contributed by atoms with Crippen molar-refractivity contribution in [1.29, 1.82) is 0 Å². The van der Waals surface area contributed by atoms with Crippen molar-refractivity contribution in [3.05, 3.63) is 12.2 Å². The minimum atomic E-state index is 0.728. The van der Waals surface area contributed by atoms with E-state index >= 15 is 0 Å². The summed E-state index contributed by atoms with van der Waals surface area (Å²) in [4.78, 5) is 10.1. The smallest absolute Gasteiger partial charge is 0.119 e. The molecule has 0 spiro atoms. The Balaban J connectivity index is 3.01. The number of hydrogen-bond donors (Lipinski definition) is 0. The van der Waals surface area contributed by atoms with Gasteiger partial charge in [-0.3, -0.25) is 0 Å². The van der Waals surface area contributed by atoms with Gasteiger partial charge in [-0.2, -0.15) is 0 Å². The largest absolute Gasteiger partial charge is 0.303 e. The van der Waals surface area contributed by atoms with Crippen molar-refractivity contribution >= 4 is 6.29 Å². The first-order valence-electron chi connectivity index (χ1n) is 7.50. The van der Waals surface area contributed by atoms with Crippen molar-refractivity contribution in [2.45, 2.75) is 84.0 Å². The Morgan fingerprint density at radius 2 is 1.12 bits per heavy atom. The Hall–Kier alpha value is -0.590. The highest BCUT2D eigenvalue weighted by atomic mass is 16.1. The van der Waals surface area contributed by atoms with Crippen molar-refractivity contribution in [2.24, 2.45) is 0 Å². The molecule has 0 aromatic heterocycles. The Kier molecular flexibility index (Phi) is 14.9. The van der Waals surface area contributed by atoms with Crippen molar-refractivity contribution in [1.82, 2.24) is 0 Å². The fourth-order valence-electron chi connectivity index (χ4n) is 1.94. The van der Waals surface area contributed by atoms with E-state index in [1.807, 2.05) is 0 Å². The van der Waals surface area contributed by atoms with Gasteiger partial charge in [0.25, 0.3) is 0 Å². The number of unbranched alkanes of at least 4 members (excludes halogenated alkanes) is 10. The zero-order valence-corrected chi connectivity index (χ0v) is 11.6. The molecule has 1 nitrogen and oxygen atoms in total. The lowest BCUT2D eigenvalue weighted by molar-refractivity contribution is -0.107. The van der Waals surface area contributed by atoms with E-state index in [0.717, 1.165) is 32.0 Å². The van der Waals surface area contributed by atoms with Crippen LogP contribution >= 0.6 is 0 Å². The lowest BCUT2D eigenvalue weighted by Crippen LogP contribution is -1.79. The molecule has 0 saturated carbocycles. The molecule has 0 N–H and O–H groups in total. The minimum Gasteiger partial charge on any atom is -0.303 e. The van der Waals surface area contributed by atoms with Crippen LogP contribution < -0.4 is 0 Å². The monoisotopic (exact) mass is 238 g/mol. The van der Waals surface area contributed by atoms with Crippen LogP contribution in [0.4, 0.5) is 0 Å². The van der Waals surface area contributed by atoms with E-state index in [-0.39, 0.29) is 0 Å². The summed E-state index contributed by atoms with van der Waals surface area (Å²) in [6.45, 7) is 2.26. The third kappa shape index (κ3) is 15.4. The number of carbonyl (C=O) groups excluding carboxylic acids is 1. The molecular weight excluding hydrogens is 208 g/mol. The van der Waals surface area contributed by atoms with Crippen LogP contribution in [0.2, 0.25) is 0 Å². The Labute approximate surface area is 108 Å². The zero-order valence-electron chi connectivity index (χ0n) is 11.6. The third-order valence-electron chi connectivity index (χ3n) is 3.08. The van der Waals surface area contributed by atoms with Crippen LogP contribution in [0.1, 0.15) is 84.0 Å². The summed E-state index contributed by atoms with van der Waals surface area (Å²) in [6.07, 6.45) is 20.6. The molecule has 0 fully saturated rings. The molecule has 17 heavy (non-hydrogen) atoms. The van der Waals surface area contributed by atoms with E-state index in [1.165, 1.54) is 51.4 Å². The van der Waals surface area contributed by atoms with Crippen LogP contribution in [-0.4, -0.2) is 6.29 Å². The first-order valence-corrected chi connectivity index (χ1v) is 7.50. The summed E-state index contributed by atoms with van der Waals surface area (Å²) in [5.41, 5.74) is 0. The van der Waals surface area contributed by atoms with Crippen LogP contribution in [-0.2, 0) is 4.79 Å². The number of carbonyl (C=O) groups is 1. The summed E-state index contributed by atoms with van der Waals surface area (Å²) in [7, 11) is 0. The summed E-state index contributed by atoms with van der Waals surface area (Å²) in [6, 6.07) is 0. The predicted octanol–water partition coefficient (Wildman–Crippen LogP) is 5.44. The molecule has 0 saturated heterocycles. The standard InChI is InChI=1S/C16H30O/c1-2-3-4-5-6-7-8-9-10-11-12-13-14-15-16-17/h10-11,16H,2-9,12-15H2,1H3/b11-10-. The molecule has 0 aliphatic heterocycles. The van der Waals surface area contributed by atoms with Gasteiger partial charge in [-0.15, -0.1) is 0 Å². The number of allylic oxidation sites excluding steroid dienone is 2. The molecule has 0 aromatic rings. The van der Waals surface area contributed by atoms with E-state index in [0.29, 0.717) is 0 Å². The highest BCUT2D eigenvalue weighted by Gasteiger charge is 1.89. The van der Waals surface area contributed by atoms with Crippen molar-refractivity contribution in [3.63, 3.8) is 0 Å². The zero-order chi connectivity index (χ0) is 12.6. The summed E-state index contributed by atoms with van der Waals surface area (Å²) in [5, 5.41) is 0. The lowest BCUT2D eigenvalue weighted by Gasteiger charge is -1.98. The van der Waals surface area contributed by atoms with Gasteiger partial charge in [-0.25, -0.2) is 0 Å². The highest BCUT2D eigenvalue weighted by molar-refractivity contribution is 5.48. The second-order valence-corrected chi connectivity index (χ2v) is 4.83. The van der Waals surface area contributed by atoms with E-state index < -0.39 is 0 Å². The molecule has 0 unspecified atom stereocenters. The van der Waals surface area contributed by atoms with E-state index in [9.17, 15) is 4.79 Å². The predicted molar refractivity (Wildman–Crippen MR) is 76.3 cm³/mol. The van der Waals surface area contributed by atoms with Crippen molar-refractivity contribution in [3.8, 4) is 0 Å². The molecular formula is C16H30O. The molecule has 0 amide bonds. The second-order valence-electron chi connectivity index (χ2n) is 4.83. The van der Waals surface area contributed by atoms with E-state index in [4.69, 9.17) is 0 Å². The molecule has 0 aliphatic carbocycles. The van der Waals surface area contributed by atoms with Crippen molar-refractivity contribution < 1.29 is 4.79 Å². The van der Waals surface area contributed by atoms with Gasteiger partial charge in [-0.05, 0) is 32.1 Å². The average Bonchev–Trinajstić information content (AvgIpc) is 2.35. The molecule has 1 heteroatoms. The Bertz CT molecular complexity index is 172. The van der Waals surface area contributed by atoms with E-state index in [2.05, 4.69) is 19.1 Å². The molecule has 0 heterocycles. The van der Waals surface area contributed by atoms with Crippen LogP contribution in [0, 0.1) is 0 Å². The topological polar surface area (TPSA) is 17.1 Å². The lowest BCUT2D eigenvalue weighted by atomic mass is 10.1. The molecule has 0 bridgehead atoms. The van der Waals surface area contributed by atoms with Crippen LogP contribution in [0.3, 0.4) is 0 Å². The minimum absolute atomic E-state index is 0.728. The molecule has 100 valence electrons. The quantitative estimate of drug-likeness (QED) is 0.237. The summed E-state index contributed by atoms with van der Waals surface area (Å²) in [5.74, 6) is 0. The molecule has 0 radical (unpaired) electrons.